The fraction of sp³-hybridized carbons (Fsp3) is 0.571. The summed E-state index contributed by atoms with van der Waals surface area (Å²) in [5.74, 6) is 0. The number of hydrogen-bond donors (Lipinski definition) is 0. The number of anilines is 1. The van der Waals surface area contributed by atoms with Gasteiger partial charge in [0.25, 0.3) is 0 Å². The standard InChI is InChI=1S/C8H10N.3C2H5.Sn/c1-9(2)8-6-4-3-5-7-8;3*1-2;/h3-4,6-7H,1-2H3;3*1H2,2H3;. The van der Waals surface area contributed by atoms with Crippen LogP contribution in [0.3, 0.4) is 0 Å². The molecule has 0 radical (unpaired) electrons. The third kappa shape index (κ3) is 2.73. The van der Waals surface area contributed by atoms with Crippen molar-refractivity contribution in [2.24, 2.45) is 0 Å². The van der Waals surface area contributed by atoms with E-state index in [4.69, 9.17) is 0 Å². The third-order valence-corrected chi connectivity index (χ3v) is 20.0. The van der Waals surface area contributed by atoms with Gasteiger partial charge in [-0.1, -0.05) is 0 Å². The molecule has 2 heteroatoms. The molecule has 0 heterocycles. The van der Waals surface area contributed by atoms with E-state index in [0.29, 0.717) is 0 Å². The van der Waals surface area contributed by atoms with Gasteiger partial charge < -0.3 is 0 Å². The van der Waals surface area contributed by atoms with Crippen molar-refractivity contribution in [3.8, 4) is 0 Å². The summed E-state index contributed by atoms with van der Waals surface area (Å²) in [7, 11) is 4.25. The molecule has 90 valence electrons. The zero-order valence-corrected chi connectivity index (χ0v) is 14.2. The first kappa shape index (κ1) is 13.9. The van der Waals surface area contributed by atoms with Crippen LogP contribution in [0.4, 0.5) is 5.69 Å². The SMILES string of the molecule is C[CH2][Sn]([CH2]C)([CH2]C)[c]1cccc(N(C)C)c1. The minimum absolute atomic E-state index is 1.36. The molecule has 1 nitrogen and oxygen atoms in total. The summed E-state index contributed by atoms with van der Waals surface area (Å²) in [4.78, 5) is 2.21. The van der Waals surface area contributed by atoms with Crippen molar-refractivity contribution in [3.05, 3.63) is 24.3 Å². The summed E-state index contributed by atoms with van der Waals surface area (Å²) >= 11 is -2.00. The molecule has 0 atom stereocenters. The summed E-state index contributed by atoms with van der Waals surface area (Å²) in [6.07, 6.45) is 0. The Kier molecular flexibility index (Phi) is 5.16. The quantitative estimate of drug-likeness (QED) is 0.749. The van der Waals surface area contributed by atoms with Crippen molar-refractivity contribution in [3.63, 3.8) is 0 Å². The normalized spacial score (nSPS) is 11.6. The van der Waals surface area contributed by atoms with E-state index in [1.54, 1.807) is 3.58 Å². The molecule has 1 aromatic rings. The van der Waals surface area contributed by atoms with Gasteiger partial charge in [-0.05, 0) is 0 Å². The summed E-state index contributed by atoms with van der Waals surface area (Å²) in [6, 6.07) is 9.25. The van der Waals surface area contributed by atoms with Crippen LogP contribution in [0.15, 0.2) is 24.3 Å². The van der Waals surface area contributed by atoms with Gasteiger partial charge in [0.2, 0.25) is 0 Å². The van der Waals surface area contributed by atoms with Crippen LogP contribution in [0.1, 0.15) is 20.8 Å². The molecule has 0 aliphatic heterocycles. The van der Waals surface area contributed by atoms with E-state index < -0.39 is 18.4 Å². The van der Waals surface area contributed by atoms with E-state index in [9.17, 15) is 0 Å². The Balaban J connectivity index is 3.15. The Hall–Kier alpha value is -0.181. The third-order valence-electron chi connectivity index (χ3n) is 4.01. The van der Waals surface area contributed by atoms with Crippen LogP contribution in [-0.2, 0) is 0 Å². The average Bonchev–Trinajstić information content (AvgIpc) is 2.32. The van der Waals surface area contributed by atoms with Gasteiger partial charge in [0.1, 0.15) is 0 Å². The molecule has 0 amide bonds. The Morgan fingerprint density at radius 2 is 1.56 bits per heavy atom. The summed E-state index contributed by atoms with van der Waals surface area (Å²) < 4.78 is 5.99. The molecular weight excluding hydrogens is 301 g/mol. The Labute approximate surface area is 105 Å². The van der Waals surface area contributed by atoms with E-state index in [1.165, 1.54) is 19.0 Å². The van der Waals surface area contributed by atoms with Crippen molar-refractivity contribution >= 4 is 27.6 Å². The van der Waals surface area contributed by atoms with Gasteiger partial charge >= 0.3 is 105 Å². The molecule has 0 N–H and O–H groups in total. The maximum absolute atomic E-state index is 2.44. The summed E-state index contributed by atoms with van der Waals surface area (Å²) in [5, 5.41) is 0. The number of rotatable bonds is 5. The minimum atomic E-state index is -2.00. The van der Waals surface area contributed by atoms with Gasteiger partial charge in [-0.2, -0.15) is 0 Å². The zero-order chi connectivity index (χ0) is 12.2. The van der Waals surface area contributed by atoms with Crippen molar-refractivity contribution in [2.75, 3.05) is 19.0 Å². The van der Waals surface area contributed by atoms with Gasteiger partial charge in [0.15, 0.2) is 0 Å². The van der Waals surface area contributed by atoms with Gasteiger partial charge in [0, 0.05) is 0 Å². The zero-order valence-electron chi connectivity index (χ0n) is 11.4. The van der Waals surface area contributed by atoms with E-state index in [2.05, 4.69) is 64.0 Å². The topological polar surface area (TPSA) is 3.24 Å². The summed E-state index contributed by atoms with van der Waals surface area (Å²) in [6.45, 7) is 7.18. The maximum atomic E-state index is 2.44. The molecule has 0 saturated heterocycles. The molecule has 1 rings (SSSR count). The molecule has 0 spiro atoms. The Bertz CT molecular complexity index is 321. The van der Waals surface area contributed by atoms with Crippen LogP contribution in [0, 0.1) is 0 Å². The fourth-order valence-corrected chi connectivity index (χ4v) is 12.8. The Morgan fingerprint density at radius 3 is 2.00 bits per heavy atom. The predicted molar refractivity (Wildman–Crippen MR) is 77.6 cm³/mol. The van der Waals surface area contributed by atoms with E-state index in [1.807, 2.05) is 0 Å². The average molecular weight is 326 g/mol. The van der Waals surface area contributed by atoms with Gasteiger partial charge in [-0.15, -0.1) is 0 Å². The fourth-order valence-electron chi connectivity index (χ4n) is 2.48. The van der Waals surface area contributed by atoms with Gasteiger partial charge in [-0.3, -0.25) is 0 Å². The predicted octanol–water partition coefficient (Wildman–Crippen LogP) is 3.47. The van der Waals surface area contributed by atoms with Gasteiger partial charge in [0.05, 0.1) is 0 Å². The number of hydrogen-bond acceptors (Lipinski definition) is 1. The molecular formula is C14H25NSn. The van der Waals surface area contributed by atoms with Crippen molar-refractivity contribution < 1.29 is 0 Å². The van der Waals surface area contributed by atoms with Crippen LogP contribution in [0.25, 0.3) is 0 Å². The van der Waals surface area contributed by atoms with Crippen molar-refractivity contribution in [2.45, 2.75) is 34.1 Å². The molecule has 0 aliphatic rings. The molecule has 0 aromatic heterocycles. The van der Waals surface area contributed by atoms with Crippen LogP contribution in [0.5, 0.6) is 0 Å². The molecule has 0 unspecified atom stereocenters. The van der Waals surface area contributed by atoms with Gasteiger partial charge in [-0.25, -0.2) is 0 Å². The molecule has 0 saturated carbocycles. The number of nitrogens with zero attached hydrogens (tertiary/aromatic N) is 1. The first-order valence-corrected chi connectivity index (χ1v) is 13.9. The monoisotopic (exact) mass is 327 g/mol. The van der Waals surface area contributed by atoms with Crippen LogP contribution < -0.4 is 8.48 Å². The second kappa shape index (κ2) is 5.94. The molecule has 0 fully saturated rings. The van der Waals surface area contributed by atoms with E-state index >= 15 is 0 Å². The van der Waals surface area contributed by atoms with Crippen LogP contribution in [-0.4, -0.2) is 32.5 Å². The first-order valence-electron chi connectivity index (χ1n) is 6.37. The van der Waals surface area contributed by atoms with Crippen LogP contribution >= 0.6 is 0 Å². The molecule has 0 aliphatic carbocycles. The molecule has 1 aromatic carbocycles. The second-order valence-corrected chi connectivity index (χ2v) is 19.8. The van der Waals surface area contributed by atoms with Crippen molar-refractivity contribution in [1.82, 2.24) is 0 Å². The van der Waals surface area contributed by atoms with Crippen LogP contribution in [0.2, 0.25) is 13.3 Å². The van der Waals surface area contributed by atoms with E-state index in [0.717, 1.165) is 0 Å². The van der Waals surface area contributed by atoms with E-state index in [-0.39, 0.29) is 0 Å². The molecule has 16 heavy (non-hydrogen) atoms. The summed E-state index contributed by atoms with van der Waals surface area (Å²) in [5.41, 5.74) is 1.36. The second-order valence-electron chi connectivity index (χ2n) is 4.79. The van der Waals surface area contributed by atoms with Crippen molar-refractivity contribution in [1.29, 1.82) is 0 Å². The number of benzene rings is 1. The molecule has 0 bridgehead atoms. The Morgan fingerprint density at radius 1 is 1.00 bits per heavy atom. The first-order chi connectivity index (χ1) is 7.59.